The number of carbonyl (C=O) groups excluding carboxylic acids is 1. The highest BCUT2D eigenvalue weighted by Crippen LogP contribution is 2.54. The molecule has 1 amide bonds. The van der Waals surface area contributed by atoms with Crippen LogP contribution >= 0.6 is 11.3 Å². The van der Waals surface area contributed by atoms with Gasteiger partial charge in [-0.3, -0.25) is 4.79 Å². The zero-order chi connectivity index (χ0) is 26.3. The second-order valence-electron chi connectivity index (χ2n) is 11.6. The molecular formula is C24H32N4O6S3. The lowest BCUT2D eigenvalue weighted by molar-refractivity contribution is -0.139. The summed E-state index contributed by atoms with van der Waals surface area (Å²) < 4.78 is 55.9. The first-order valence-corrected chi connectivity index (χ1v) is 17.0. The molecule has 3 heterocycles. The molecule has 2 unspecified atom stereocenters. The molecule has 3 N–H and O–H groups in total. The third-order valence-corrected chi connectivity index (χ3v) is 12.1. The largest absolute Gasteiger partial charge is 0.511 e. The molecule has 202 valence electrons. The number of amides is 1. The summed E-state index contributed by atoms with van der Waals surface area (Å²) in [5.41, 5.74) is 0.477. The monoisotopic (exact) mass is 568 g/mol. The Bertz CT molecular complexity index is 1430. The van der Waals surface area contributed by atoms with Crippen LogP contribution in [-0.4, -0.2) is 57.4 Å². The molecule has 13 heteroatoms. The Balaban J connectivity index is 1.38. The number of anilines is 1. The standard InChI is InChI=1S/C24H32N4O6S3/c1-24(7-8-24)9-10-28-18-14-5-3-13(4-6-14)16(18)19(29)17(23(28)30)21-26-22-20(37(33,34)27-21)15(12-35-22)11-25-36(2,31)32/h12-14,16,18,25,29H,3-11H2,1-2H3,(H,26,27). The Morgan fingerprint density at radius 2 is 1.92 bits per heavy atom. The molecule has 0 saturated heterocycles. The van der Waals surface area contributed by atoms with Crippen molar-refractivity contribution in [3.8, 4) is 0 Å². The summed E-state index contributed by atoms with van der Waals surface area (Å²) in [5, 5.41) is 16.3. The lowest BCUT2D eigenvalue weighted by Gasteiger charge is -2.55. The summed E-state index contributed by atoms with van der Waals surface area (Å²) in [5.74, 6) is -0.173. The number of sulfonamides is 2. The predicted octanol–water partition coefficient (Wildman–Crippen LogP) is 2.96. The Hall–Kier alpha value is -1.96. The molecule has 4 aliphatic carbocycles. The van der Waals surface area contributed by atoms with Gasteiger partial charge >= 0.3 is 0 Å². The molecule has 0 spiro atoms. The van der Waals surface area contributed by atoms with Gasteiger partial charge in [-0.2, -0.15) is 8.42 Å². The number of nitrogens with zero attached hydrogens (tertiary/aromatic N) is 2. The first kappa shape index (κ1) is 25.3. The van der Waals surface area contributed by atoms with Crippen molar-refractivity contribution in [2.24, 2.45) is 27.6 Å². The molecule has 0 radical (unpaired) electrons. The number of hydrogen-bond acceptors (Lipinski definition) is 8. The lowest BCUT2D eigenvalue weighted by atomic mass is 9.59. The van der Waals surface area contributed by atoms with E-state index in [0.717, 1.165) is 62.5 Å². The van der Waals surface area contributed by atoms with E-state index < -0.39 is 20.0 Å². The van der Waals surface area contributed by atoms with Gasteiger partial charge in [0.1, 0.15) is 21.2 Å². The summed E-state index contributed by atoms with van der Waals surface area (Å²) in [6.45, 7) is 2.62. The molecule has 4 saturated carbocycles. The molecule has 7 rings (SSSR count). The van der Waals surface area contributed by atoms with Crippen LogP contribution in [0.15, 0.2) is 26.0 Å². The summed E-state index contributed by atoms with van der Waals surface area (Å²) in [6, 6.07) is -0.0575. The molecule has 4 fully saturated rings. The third-order valence-electron chi connectivity index (χ3n) is 8.92. The number of fused-ring (bicyclic) bond motifs is 3. The fraction of sp³-hybridized carbons (Fsp3) is 0.667. The fourth-order valence-electron chi connectivity index (χ4n) is 6.62. The normalized spacial score (nSPS) is 31.5. The maximum atomic E-state index is 14.0. The first-order valence-electron chi connectivity index (χ1n) is 12.8. The zero-order valence-corrected chi connectivity index (χ0v) is 23.3. The number of carbonyl (C=O) groups is 1. The van der Waals surface area contributed by atoms with Crippen LogP contribution in [0.25, 0.3) is 0 Å². The van der Waals surface area contributed by atoms with Crippen LogP contribution in [0.1, 0.15) is 57.4 Å². The van der Waals surface area contributed by atoms with Crippen LogP contribution in [0.3, 0.4) is 0 Å². The molecule has 2 aliphatic heterocycles. The summed E-state index contributed by atoms with van der Waals surface area (Å²) >= 11 is 1.10. The van der Waals surface area contributed by atoms with Crippen LogP contribution in [0, 0.1) is 23.2 Å². The summed E-state index contributed by atoms with van der Waals surface area (Å²) in [6.07, 6.45) is 8.26. The smallest absolute Gasteiger partial charge is 0.287 e. The van der Waals surface area contributed by atoms with Crippen LogP contribution in [0.2, 0.25) is 0 Å². The zero-order valence-electron chi connectivity index (χ0n) is 20.9. The van der Waals surface area contributed by atoms with E-state index in [0.29, 0.717) is 12.5 Å². The fourth-order valence-corrected chi connectivity index (χ4v) is 9.64. The minimum Gasteiger partial charge on any atom is -0.511 e. The highest BCUT2D eigenvalue weighted by atomic mass is 32.2. The summed E-state index contributed by atoms with van der Waals surface area (Å²) in [4.78, 5) is 15.8. The molecule has 2 bridgehead atoms. The van der Waals surface area contributed by atoms with Crippen LogP contribution in [0.4, 0.5) is 5.00 Å². The van der Waals surface area contributed by atoms with Crippen molar-refractivity contribution in [3.05, 3.63) is 22.3 Å². The van der Waals surface area contributed by atoms with Crippen LogP contribution in [-0.2, 0) is 31.4 Å². The SMILES string of the molecule is CC1(CCN2C(=O)C(C3=NS(=O)(=O)c4c(CNS(C)(=O)=O)csc4N3)=C(O)C3C4CCC(CC4)C32)CC1. The highest BCUT2D eigenvalue weighted by molar-refractivity contribution is 7.91. The molecule has 6 aliphatic rings. The Morgan fingerprint density at radius 3 is 2.57 bits per heavy atom. The van der Waals surface area contributed by atoms with Gasteiger partial charge in [-0.1, -0.05) is 6.92 Å². The van der Waals surface area contributed by atoms with E-state index in [2.05, 4.69) is 21.4 Å². The van der Waals surface area contributed by atoms with Gasteiger partial charge in [0.15, 0.2) is 5.84 Å². The van der Waals surface area contributed by atoms with Crippen molar-refractivity contribution in [2.75, 3.05) is 18.1 Å². The number of rotatable bonds is 7. The van der Waals surface area contributed by atoms with E-state index in [1.807, 2.05) is 4.90 Å². The van der Waals surface area contributed by atoms with Gasteiger partial charge in [0.2, 0.25) is 10.0 Å². The quantitative estimate of drug-likeness (QED) is 0.458. The van der Waals surface area contributed by atoms with Gasteiger partial charge < -0.3 is 15.3 Å². The minimum atomic E-state index is -4.24. The van der Waals surface area contributed by atoms with Crippen molar-refractivity contribution in [2.45, 2.75) is 69.4 Å². The van der Waals surface area contributed by atoms with E-state index in [-0.39, 0.29) is 68.4 Å². The molecule has 0 aromatic carbocycles. The van der Waals surface area contributed by atoms with Crippen molar-refractivity contribution < 1.29 is 26.7 Å². The summed E-state index contributed by atoms with van der Waals surface area (Å²) in [7, 11) is -7.77. The highest BCUT2D eigenvalue weighted by Gasteiger charge is 2.55. The van der Waals surface area contributed by atoms with Crippen LogP contribution < -0.4 is 10.0 Å². The maximum absolute atomic E-state index is 14.0. The second kappa shape index (κ2) is 8.52. The third kappa shape index (κ3) is 4.41. The topological polar surface area (TPSA) is 145 Å². The Labute approximate surface area is 221 Å². The molecule has 10 nitrogen and oxygen atoms in total. The maximum Gasteiger partial charge on any atom is 0.287 e. The van der Waals surface area contributed by atoms with Crippen molar-refractivity contribution in [1.82, 2.24) is 9.62 Å². The van der Waals surface area contributed by atoms with Gasteiger partial charge in [0, 0.05) is 30.6 Å². The van der Waals surface area contributed by atoms with Gasteiger partial charge in [-0.25, -0.2) is 13.1 Å². The Morgan fingerprint density at radius 1 is 1.24 bits per heavy atom. The average molecular weight is 569 g/mol. The van der Waals surface area contributed by atoms with E-state index in [1.54, 1.807) is 5.38 Å². The van der Waals surface area contributed by atoms with Crippen LogP contribution in [0.5, 0.6) is 0 Å². The van der Waals surface area contributed by atoms with Gasteiger partial charge in [-0.05, 0) is 67.6 Å². The predicted molar refractivity (Wildman–Crippen MR) is 140 cm³/mol. The van der Waals surface area contributed by atoms with Crippen molar-refractivity contribution in [1.29, 1.82) is 0 Å². The number of aliphatic hydroxyl groups excluding tert-OH is 1. The van der Waals surface area contributed by atoms with Gasteiger partial charge in [0.25, 0.3) is 15.9 Å². The average Bonchev–Trinajstić information content (AvgIpc) is 3.40. The molecule has 1 aromatic heterocycles. The Kier molecular flexibility index (Phi) is 5.83. The second-order valence-corrected chi connectivity index (χ2v) is 15.8. The number of aliphatic hydroxyl groups is 1. The molecular weight excluding hydrogens is 536 g/mol. The van der Waals surface area contributed by atoms with E-state index in [4.69, 9.17) is 0 Å². The van der Waals surface area contributed by atoms with E-state index in [9.17, 15) is 26.7 Å². The minimum absolute atomic E-state index is 0.0429. The van der Waals surface area contributed by atoms with Gasteiger partial charge in [-0.15, -0.1) is 15.7 Å². The first-order chi connectivity index (χ1) is 17.4. The van der Waals surface area contributed by atoms with E-state index in [1.165, 1.54) is 0 Å². The molecule has 37 heavy (non-hydrogen) atoms. The number of amidine groups is 1. The van der Waals surface area contributed by atoms with Crippen molar-refractivity contribution >= 4 is 48.1 Å². The molecule has 2 atom stereocenters. The number of hydrogen-bond donors (Lipinski definition) is 3. The number of thiophene rings is 1. The van der Waals surface area contributed by atoms with Gasteiger partial charge in [0.05, 0.1) is 6.26 Å². The van der Waals surface area contributed by atoms with Crippen molar-refractivity contribution in [3.63, 3.8) is 0 Å². The number of nitrogens with one attached hydrogen (secondary N) is 2. The lowest BCUT2D eigenvalue weighted by Crippen LogP contribution is -2.60. The van der Waals surface area contributed by atoms with E-state index >= 15 is 0 Å². The molecule has 1 aromatic rings.